The first-order valence-electron chi connectivity index (χ1n) is 22.2. The summed E-state index contributed by atoms with van der Waals surface area (Å²) in [5, 5.41) is 19.6. The summed E-state index contributed by atoms with van der Waals surface area (Å²) < 4.78 is 12.7. The lowest BCUT2D eigenvalue weighted by molar-refractivity contribution is -0.129. The molecule has 2 aliphatic carbocycles. The predicted octanol–water partition coefficient (Wildman–Crippen LogP) is 6.30. The van der Waals surface area contributed by atoms with Crippen LogP contribution in [-0.4, -0.2) is 116 Å². The number of H-pyrrole nitrogens is 1. The molecule has 10 rings (SSSR count). The maximum Gasteiger partial charge on any atom is 0.261 e. The van der Waals surface area contributed by atoms with Gasteiger partial charge >= 0.3 is 0 Å². The molecule has 8 aromatic rings. The Bertz CT molecular complexity index is 2960. The van der Waals surface area contributed by atoms with Crippen molar-refractivity contribution in [3.63, 3.8) is 0 Å². The first-order valence-corrected chi connectivity index (χ1v) is 22.7. The first kappa shape index (κ1) is 47.6. The first-order chi connectivity index (χ1) is 33.2. The molecule has 0 bridgehead atoms. The molecule has 2 unspecified atom stereocenters. The van der Waals surface area contributed by atoms with Gasteiger partial charge in [-0.2, -0.15) is 20.2 Å². The van der Waals surface area contributed by atoms with E-state index in [4.69, 9.17) is 37.1 Å². The van der Waals surface area contributed by atoms with E-state index in [0.29, 0.717) is 40.8 Å². The monoisotopic (exact) mass is 952 g/mol. The standard InChI is InChI=1S/C24H26N8O2.C20H19N7O.C4H8ClNO/c1-24(19-8-9-19,18-6-4-15(5-7-18)16-10-26-23(25)27-11-16)22-29-21(34-30-22)17-12-28-32(13-17)14-20(33)31(2)3;1-20(16-6-7-16,18-26-17(28-27-18)14-10-24-25-11-14)15-4-2-12(3-5-15)13-8-22-19(21)23-9-13;1-6(2)4(7)3-5/h4-7,10-13,19H,8-9,14H2,1-3H3,(H2,25,26,27);2-5,8-11,16H,6-7H2,1H3,(H,24,25)(H2,21,22,23);3H2,1-2H3. The van der Waals surface area contributed by atoms with Gasteiger partial charge in [0.2, 0.25) is 23.7 Å². The molecule has 69 heavy (non-hydrogen) atoms. The molecule has 0 radical (unpaired) electrons. The van der Waals surface area contributed by atoms with Crippen LogP contribution in [0, 0.1) is 11.8 Å². The van der Waals surface area contributed by atoms with Gasteiger partial charge in [-0.15, -0.1) is 11.6 Å². The van der Waals surface area contributed by atoms with Crippen molar-refractivity contribution in [1.29, 1.82) is 0 Å². The summed E-state index contributed by atoms with van der Waals surface area (Å²) in [6.45, 7) is 4.51. The van der Waals surface area contributed by atoms with Crippen LogP contribution in [0.4, 0.5) is 11.9 Å². The number of nitrogens with zero attached hydrogens (tertiary/aromatic N) is 13. The number of hydrogen-bond donors (Lipinski definition) is 3. The van der Waals surface area contributed by atoms with Crippen LogP contribution in [0.3, 0.4) is 0 Å². The van der Waals surface area contributed by atoms with Crippen molar-refractivity contribution >= 4 is 35.3 Å². The van der Waals surface area contributed by atoms with E-state index >= 15 is 0 Å². The van der Waals surface area contributed by atoms with E-state index in [1.54, 1.807) is 82.4 Å². The number of hydrogen-bond acceptors (Lipinski definition) is 16. The number of nitrogens with two attached hydrogens (primary N) is 2. The van der Waals surface area contributed by atoms with Crippen LogP contribution in [0.1, 0.15) is 62.3 Å². The van der Waals surface area contributed by atoms with Crippen LogP contribution in [0.2, 0.25) is 0 Å². The fraction of sp³-hybridized carbons (Fsp3) is 0.333. The highest BCUT2D eigenvalue weighted by atomic mass is 35.5. The molecule has 2 aromatic carbocycles. The second-order valence-electron chi connectivity index (χ2n) is 17.7. The van der Waals surface area contributed by atoms with Gasteiger partial charge in [-0.25, -0.2) is 19.9 Å². The highest BCUT2D eigenvalue weighted by molar-refractivity contribution is 6.27. The fourth-order valence-corrected chi connectivity index (χ4v) is 8.08. The average Bonchev–Trinajstić information content (AvgIpc) is 4.10. The lowest BCUT2D eigenvalue weighted by Crippen LogP contribution is -2.28. The molecule has 2 fully saturated rings. The zero-order valence-corrected chi connectivity index (χ0v) is 39.9. The molecule has 0 spiro atoms. The van der Waals surface area contributed by atoms with Gasteiger partial charge in [0.25, 0.3) is 11.8 Å². The maximum atomic E-state index is 12.0. The molecule has 6 heterocycles. The van der Waals surface area contributed by atoms with Gasteiger partial charge < -0.3 is 30.3 Å². The quantitative estimate of drug-likeness (QED) is 0.107. The number of halogens is 1. The lowest BCUT2D eigenvalue weighted by Gasteiger charge is -2.27. The number of benzene rings is 2. The Morgan fingerprint density at radius 2 is 1.10 bits per heavy atom. The third kappa shape index (κ3) is 10.6. The zero-order chi connectivity index (χ0) is 48.9. The van der Waals surface area contributed by atoms with Crippen LogP contribution >= 0.6 is 11.6 Å². The van der Waals surface area contributed by atoms with E-state index in [0.717, 1.165) is 64.6 Å². The molecule has 2 saturated carbocycles. The third-order valence-corrected chi connectivity index (χ3v) is 12.8. The summed E-state index contributed by atoms with van der Waals surface area (Å²) in [5.74, 6) is 3.65. The number of anilines is 2. The Morgan fingerprint density at radius 3 is 1.48 bits per heavy atom. The second kappa shape index (κ2) is 20.2. The van der Waals surface area contributed by atoms with Crippen LogP contribution < -0.4 is 11.5 Å². The number of aromatic amines is 1. The number of amides is 2. The number of carbonyl (C=O) groups is 2. The summed E-state index contributed by atoms with van der Waals surface area (Å²) in [5.41, 5.74) is 18.1. The minimum absolute atomic E-state index is 0.0452. The average molecular weight is 954 g/mol. The number of likely N-dealkylation sites (N-methyl/N-ethyl adjacent to an activating group) is 1. The summed E-state index contributed by atoms with van der Waals surface area (Å²) in [6, 6.07) is 16.7. The molecule has 0 saturated heterocycles. The molecule has 6 aromatic heterocycles. The summed E-state index contributed by atoms with van der Waals surface area (Å²) in [6.07, 6.45) is 18.2. The van der Waals surface area contributed by atoms with Gasteiger partial charge in [-0.1, -0.05) is 58.8 Å². The number of aromatic nitrogens is 12. The second-order valence-corrected chi connectivity index (χ2v) is 18.0. The SMILES string of the molecule is CC(c1ccc(-c2cnc(N)nc2)cc1)(c1noc(-c2cn[nH]c2)n1)C1CC1.CN(C)C(=O)CCl.CN(C)C(=O)Cn1cc(-c2nc(C(C)(c3ccc(-c4cnc(N)nc4)cc3)C3CC3)no2)cn1. The van der Waals surface area contributed by atoms with Gasteiger partial charge in [0.1, 0.15) is 12.4 Å². The van der Waals surface area contributed by atoms with Gasteiger partial charge in [-0.3, -0.25) is 19.4 Å². The summed E-state index contributed by atoms with van der Waals surface area (Å²) in [4.78, 5) is 51.0. The third-order valence-electron chi connectivity index (χ3n) is 12.6. The molecule has 0 aliphatic heterocycles. The largest absolute Gasteiger partial charge is 0.368 e. The minimum atomic E-state index is -0.380. The Labute approximate surface area is 402 Å². The molecule has 21 heteroatoms. The number of rotatable bonds is 13. The number of alkyl halides is 1. The van der Waals surface area contributed by atoms with Crippen LogP contribution in [0.25, 0.3) is 45.2 Å². The van der Waals surface area contributed by atoms with E-state index < -0.39 is 0 Å². The van der Waals surface area contributed by atoms with Crippen molar-refractivity contribution in [3.05, 3.63) is 121 Å². The van der Waals surface area contributed by atoms with Crippen LogP contribution in [0.5, 0.6) is 0 Å². The number of nitrogen functional groups attached to an aromatic ring is 2. The topological polar surface area (TPSA) is 269 Å². The fourth-order valence-electron chi connectivity index (χ4n) is 7.84. The van der Waals surface area contributed by atoms with Crippen molar-refractivity contribution in [2.75, 3.05) is 45.5 Å². The normalized spacial score (nSPS) is 14.8. The van der Waals surface area contributed by atoms with Crippen molar-refractivity contribution in [1.82, 2.24) is 70.0 Å². The van der Waals surface area contributed by atoms with Crippen molar-refractivity contribution < 1.29 is 18.6 Å². The van der Waals surface area contributed by atoms with Gasteiger partial charge in [-0.05, 0) is 73.6 Å². The van der Waals surface area contributed by atoms with Gasteiger partial charge in [0.15, 0.2) is 11.6 Å². The number of nitrogens with one attached hydrogen (secondary N) is 1. The molecule has 20 nitrogen and oxygen atoms in total. The zero-order valence-electron chi connectivity index (χ0n) is 39.1. The Balaban J connectivity index is 0.000000166. The molecule has 2 amide bonds. The van der Waals surface area contributed by atoms with Gasteiger partial charge in [0.05, 0.1) is 34.4 Å². The molecule has 2 aliphatic rings. The molecule has 5 N–H and O–H groups in total. The Hall–Kier alpha value is -7.87. The highest BCUT2D eigenvalue weighted by Crippen LogP contribution is 2.52. The lowest BCUT2D eigenvalue weighted by atomic mass is 9.76. The van der Waals surface area contributed by atoms with E-state index in [1.165, 1.54) is 9.80 Å². The van der Waals surface area contributed by atoms with Crippen LogP contribution in [-0.2, 0) is 27.0 Å². The Kier molecular flexibility index (Phi) is 13.9. The van der Waals surface area contributed by atoms with E-state index in [1.807, 2.05) is 0 Å². The highest BCUT2D eigenvalue weighted by Gasteiger charge is 2.48. The summed E-state index contributed by atoms with van der Waals surface area (Å²) in [7, 11) is 6.77. The van der Waals surface area contributed by atoms with Crippen molar-refractivity contribution in [2.24, 2.45) is 11.8 Å². The van der Waals surface area contributed by atoms with E-state index in [-0.39, 0.29) is 47.0 Å². The molecule has 2 atom stereocenters. The molecular weight excluding hydrogens is 900 g/mol. The van der Waals surface area contributed by atoms with Crippen molar-refractivity contribution in [3.8, 4) is 45.2 Å². The number of carbonyl (C=O) groups excluding carboxylic acids is 2. The van der Waals surface area contributed by atoms with Crippen LogP contribution in [0.15, 0.2) is 107 Å². The van der Waals surface area contributed by atoms with E-state index in [9.17, 15) is 9.59 Å². The molecule has 356 valence electrons. The smallest absolute Gasteiger partial charge is 0.261 e. The Morgan fingerprint density at radius 1 is 0.652 bits per heavy atom. The maximum absolute atomic E-state index is 12.0. The predicted molar refractivity (Wildman–Crippen MR) is 258 cm³/mol. The van der Waals surface area contributed by atoms with E-state index in [2.05, 4.69) is 113 Å². The summed E-state index contributed by atoms with van der Waals surface area (Å²) >= 11 is 5.16. The van der Waals surface area contributed by atoms with Crippen molar-refractivity contribution in [2.45, 2.75) is 56.9 Å². The minimum Gasteiger partial charge on any atom is -0.368 e. The van der Waals surface area contributed by atoms with Gasteiger partial charge in [0, 0.05) is 76.5 Å². The molecular formula is C48H53ClN16O4.